The Morgan fingerprint density at radius 1 is 1.13 bits per heavy atom. The number of rotatable bonds is 9. The number of aryl methyl sites for hydroxylation is 1. The normalized spacial score (nSPS) is 14.7. The van der Waals surface area contributed by atoms with Crippen molar-refractivity contribution in [3.8, 4) is 5.75 Å². The lowest BCUT2D eigenvalue weighted by atomic mass is 9.73. The first-order chi connectivity index (χ1) is 14.5. The number of nitrogens with zero attached hydrogens (tertiary/aromatic N) is 1. The molecular weight excluding hydrogens is 380 g/mol. The summed E-state index contributed by atoms with van der Waals surface area (Å²) < 4.78 is 5.30. The number of hydrogen-bond donors (Lipinski definition) is 2. The molecule has 0 aromatic heterocycles. The largest absolute Gasteiger partial charge is 0.497 e. The van der Waals surface area contributed by atoms with E-state index in [0.717, 1.165) is 17.7 Å². The van der Waals surface area contributed by atoms with Crippen molar-refractivity contribution >= 4 is 11.8 Å². The predicted octanol–water partition coefficient (Wildman–Crippen LogP) is 2.12. The van der Waals surface area contributed by atoms with E-state index in [1.807, 2.05) is 30.3 Å². The molecule has 30 heavy (non-hydrogen) atoms. The molecule has 1 heterocycles. The van der Waals surface area contributed by atoms with Gasteiger partial charge >= 0.3 is 0 Å². The van der Waals surface area contributed by atoms with Crippen LogP contribution in [0.1, 0.15) is 23.1 Å². The van der Waals surface area contributed by atoms with Gasteiger partial charge in [0.15, 0.2) is 0 Å². The van der Waals surface area contributed by atoms with Crippen LogP contribution >= 0.6 is 0 Å². The van der Waals surface area contributed by atoms with E-state index in [4.69, 9.17) is 9.84 Å². The summed E-state index contributed by atoms with van der Waals surface area (Å²) in [6.07, 6.45) is 1.38. The molecule has 2 aromatic rings. The molecule has 1 aliphatic heterocycles. The maximum absolute atomic E-state index is 13.2. The van der Waals surface area contributed by atoms with Gasteiger partial charge < -0.3 is 20.1 Å². The number of likely N-dealkylation sites (tertiary alicyclic amines) is 1. The molecule has 1 fully saturated rings. The lowest BCUT2D eigenvalue weighted by Crippen LogP contribution is -2.65. The Kier molecular flexibility index (Phi) is 7.11. The highest BCUT2D eigenvalue weighted by Crippen LogP contribution is 2.35. The second kappa shape index (κ2) is 9.76. The number of carbonyl (C=O) groups excluding carboxylic acids is 2. The van der Waals surface area contributed by atoms with Crippen molar-refractivity contribution in [1.82, 2.24) is 10.2 Å². The van der Waals surface area contributed by atoms with E-state index in [0.29, 0.717) is 26.1 Å². The lowest BCUT2D eigenvalue weighted by Gasteiger charge is -2.49. The number of methoxy groups -OCH3 is 1. The first kappa shape index (κ1) is 21.8. The average Bonchev–Trinajstić information content (AvgIpc) is 2.70. The van der Waals surface area contributed by atoms with Crippen LogP contribution in [-0.4, -0.2) is 55.2 Å². The van der Waals surface area contributed by atoms with Gasteiger partial charge in [-0.05, 0) is 43.0 Å². The summed E-state index contributed by atoms with van der Waals surface area (Å²) in [4.78, 5) is 26.9. The number of benzene rings is 2. The summed E-state index contributed by atoms with van der Waals surface area (Å²) in [6.45, 7) is 3.14. The number of aliphatic hydroxyl groups excluding tert-OH is 1. The lowest BCUT2D eigenvalue weighted by molar-refractivity contribution is -0.154. The second-order valence-corrected chi connectivity index (χ2v) is 8.03. The molecule has 2 aromatic carbocycles. The highest BCUT2D eigenvalue weighted by atomic mass is 16.5. The third-order valence-corrected chi connectivity index (χ3v) is 5.61. The molecule has 0 atom stereocenters. The minimum Gasteiger partial charge on any atom is -0.497 e. The van der Waals surface area contributed by atoms with Crippen molar-refractivity contribution in [2.75, 3.05) is 33.4 Å². The van der Waals surface area contributed by atoms with Gasteiger partial charge in [0.05, 0.1) is 19.1 Å². The van der Waals surface area contributed by atoms with E-state index in [2.05, 4.69) is 30.4 Å². The molecule has 6 heteroatoms. The molecule has 6 nitrogen and oxygen atoms in total. The Morgan fingerprint density at radius 2 is 1.87 bits per heavy atom. The van der Waals surface area contributed by atoms with Gasteiger partial charge in [-0.25, -0.2) is 0 Å². The molecule has 0 radical (unpaired) electrons. The minimum atomic E-state index is -0.663. The third-order valence-electron chi connectivity index (χ3n) is 5.61. The molecule has 0 saturated carbocycles. The van der Waals surface area contributed by atoms with Gasteiger partial charge in [0.1, 0.15) is 5.75 Å². The first-order valence-electron chi connectivity index (χ1n) is 10.3. The molecular formula is C24H30N2O4. The van der Waals surface area contributed by atoms with Crippen molar-refractivity contribution in [3.63, 3.8) is 0 Å². The molecule has 160 valence electrons. The summed E-state index contributed by atoms with van der Waals surface area (Å²) in [5.74, 6) is 0.590. The number of aliphatic hydroxyl groups is 1. The highest BCUT2D eigenvalue weighted by Gasteiger charge is 2.50. The summed E-state index contributed by atoms with van der Waals surface area (Å²) >= 11 is 0. The molecule has 1 saturated heterocycles. The van der Waals surface area contributed by atoms with Crippen molar-refractivity contribution in [2.45, 2.75) is 26.2 Å². The zero-order chi connectivity index (χ0) is 21.6. The van der Waals surface area contributed by atoms with Gasteiger partial charge in [-0.2, -0.15) is 0 Å². The van der Waals surface area contributed by atoms with E-state index in [-0.39, 0.29) is 24.8 Å². The Bertz CT molecular complexity index is 890. The van der Waals surface area contributed by atoms with E-state index in [1.165, 1.54) is 11.1 Å². The smallest absolute Gasteiger partial charge is 0.230 e. The van der Waals surface area contributed by atoms with Gasteiger partial charge in [-0.15, -0.1) is 0 Å². The number of ether oxygens (including phenoxy) is 1. The topological polar surface area (TPSA) is 78.9 Å². The fourth-order valence-electron chi connectivity index (χ4n) is 4.00. The highest BCUT2D eigenvalue weighted by molar-refractivity contribution is 5.88. The SMILES string of the molecule is COc1cccc(CC2(C(=O)NCCc3cccc(C)c3)CN(C(=O)CCO)C2)c1. The van der Waals surface area contributed by atoms with Gasteiger partial charge in [0, 0.05) is 26.1 Å². The van der Waals surface area contributed by atoms with Gasteiger partial charge in [-0.3, -0.25) is 9.59 Å². The summed E-state index contributed by atoms with van der Waals surface area (Å²) in [7, 11) is 1.62. The molecule has 0 aliphatic carbocycles. The molecule has 3 rings (SSSR count). The van der Waals surface area contributed by atoms with Crippen LogP contribution in [-0.2, 0) is 22.4 Å². The zero-order valence-corrected chi connectivity index (χ0v) is 17.7. The molecule has 0 unspecified atom stereocenters. The van der Waals surface area contributed by atoms with Crippen LogP contribution in [0, 0.1) is 12.3 Å². The Hall–Kier alpha value is -2.86. The summed E-state index contributed by atoms with van der Waals surface area (Å²) in [6, 6.07) is 15.9. The first-order valence-corrected chi connectivity index (χ1v) is 10.3. The second-order valence-electron chi connectivity index (χ2n) is 8.03. The fourth-order valence-corrected chi connectivity index (χ4v) is 4.00. The van der Waals surface area contributed by atoms with Crippen LogP contribution in [0.25, 0.3) is 0 Å². The number of nitrogens with one attached hydrogen (secondary N) is 1. The van der Waals surface area contributed by atoms with Crippen LogP contribution in [0.15, 0.2) is 48.5 Å². The summed E-state index contributed by atoms with van der Waals surface area (Å²) in [5.41, 5.74) is 2.72. The van der Waals surface area contributed by atoms with E-state index >= 15 is 0 Å². The Balaban J connectivity index is 1.67. The summed E-state index contributed by atoms with van der Waals surface area (Å²) in [5, 5.41) is 12.1. The minimum absolute atomic E-state index is 0.0361. The van der Waals surface area contributed by atoms with Crippen molar-refractivity contribution in [1.29, 1.82) is 0 Å². The predicted molar refractivity (Wildman–Crippen MR) is 115 cm³/mol. The quantitative estimate of drug-likeness (QED) is 0.664. The van der Waals surface area contributed by atoms with E-state index < -0.39 is 5.41 Å². The van der Waals surface area contributed by atoms with Crippen LogP contribution < -0.4 is 10.1 Å². The average molecular weight is 411 g/mol. The fraction of sp³-hybridized carbons (Fsp3) is 0.417. The van der Waals surface area contributed by atoms with Crippen molar-refractivity contribution in [3.05, 3.63) is 65.2 Å². The van der Waals surface area contributed by atoms with Crippen molar-refractivity contribution < 1.29 is 19.4 Å². The van der Waals surface area contributed by atoms with Crippen LogP contribution in [0.4, 0.5) is 0 Å². The standard InChI is InChI=1S/C24H30N2O4/c1-18-5-3-6-19(13-18)9-11-25-23(29)24(16-26(17-24)22(28)10-12-27)15-20-7-4-8-21(14-20)30-2/h3-8,13-14,27H,9-12,15-17H2,1-2H3,(H,25,29). The third kappa shape index (κ3) is 5.19. The molecule has 0 spiro atoms. The molecule has 2 amide bonds. The molecule has 0 bridgehead atoms. The van der Waals surface area contributed by atoms with Crippen LogP contribution in [0.5, 0.6) is 5.75 Å². The number of carbonyl (C=O) groups is 2. The number of amides is 2. The maximum Gasteiger partial charge on any atom is 0.230 e. The van der Waals surface area contributed by atoms with Gasteiger partial charge in [0.25, 0.3) is 0 Å². The van der Waals surface area contributed by atoms with Crippen LogP contribution in [0.2, 0.25) is 0 Å². The monoisotopic (exact) mass is 410 g/mol. The Morgan fingerprint density at radius 3 is 2.57 bits per heavy atom. The molecule has 2 N–H and O–H groups in total. The maximum atomic E-state index is 13.2. The zero-order valence-electron chi connectivity index (χ0n) is 17.7. The number of hydrogen-bond acceptors (Lipinski definition) is 4. The Labute approximate surface area is 177 Å². The van der Waals surface area contributed by atoms with Crippen molar-refractivity contribution in [2.24, 2.45) is 5.41 Å². The van der Waals surface area contributed by atoms with E-state index in [9.17, 15) is 9.59 Å². The van der Waals surface area contributed by atoms with Crippen LogP contribution in [0.3, 0.4) is 0 Å². The van der Waals surface area contributed by atoms with Gasteiger partial charge in [0.2, 0.25) is 11.8 Å². The van der Waals surface area contributed by atoms with E-state index in [1.54, 1.807) is 12.0 Å². The molecule has 1 aliphatic rings. The van der Waals surface area contributed by atoms with Gasteiger partial charge in [-0.1, -0.05) is 42.0 Å².